The fourth-order valence-corrected chi connectivity index (χ4v) is 1.01. The van der Waals surface area contributed by atoms with Gasteiger partial charge in [-0.25, -0.2) is 0 Å². The lowest BCUT2D eigenvalue weighted by Gasteiger charge is -1.86. The molecule has 2 rings (SSSR count). The molecule has 0 amide bonds. The quantitative estimate of drug-likeness (QED) is 0.599. The van der Waals surface area contributed by atoms with Crippen molar-refractivity contribution in [1.29, 1.82) is 0 Å². The summed E-state index contributed by atoms with van der Waals surface area (Å²) in [4.78, 5) is 1.48. The summed E-state index contributed by atoms with van der Waals surface area (Å²) >= 11 is 0. The lowest BCUT2D eigenvalue weighted by Crippen LogP contribution is -1.90. The van der Waals surface area contributed by atoms with Crippen molar-refractivity contribution < 1.29 is 5.11 Å². The average molecular weight is 149 g/mol. The van der Waals surface area contributed by atoms with Crippen molar-refractivity contribution in [3.05, 3.63) is 18.2 Å². The first kappa shape index (κ1) is 6.15. The highest BCUT2D eigenvalue weighted by Crippen LogP contribution is 2.15. The summed E-state index contributed by atoms with van der Waals surface area (Å²) in [5.74, 6) is 0.220. The van der Waals surface area contributed by atoms with E-state index in [1.165, 1.54) is 4.80 Å². The Morgan fingerprint density at radius 2 is 2.00 bits per heavy atom. The molecule has 4 nitrogen and oxygen atoms in total. The molecule has 56 valence electrons. The standard InChI is InChI=1S/C7H7N3O/c1-10-8-6-3-2-5(11)4-7(6)9-10/h2-4,11H,1H3. The van der Waals surface area contributed by atoms with Crippen LogP contribution in [-0.2, 0) is 7.05 Å². The van der Waals surface area contributed by atoms with E-state index in [0.29, 0.717) is 5.52 Å². The van der Waals surface area contributed by atoms with Crippen LogP contribution in [0.4, 0.5) is 0 Å². The number of aryl methyl sites for hydroxylation is 1. The number of phenolic OH excluding ortho intramolecular Hbond substituents is 1. The summed E-state index contributed by atoms with van der Waals surface area (Å²) in [5, 5.41) is 17.1. The van der Waals surface area contributed by atoms with E-state index < -0.39 is 0 Å². The van der Waals surface area contributed by atoms with Gasteiger partial charge in [0.25, 0.3) is 0 Å². The molecule has 2 aromatic rings. The van der Waals surface area contributed by atoms with Gasteiger partial charge in [-0.3, -0.25) is 0 Å². The molecule has 0 unspecified atom stereocenters. The first-order valence-corrected chi connectivity index (χ1v) is 3.26. The molecule has 0 aliphatic heterocycles. The molecule has 11 heavy (non-hydrogen) atoms. The fraction of sp³-hybridized carbons (Fsp3) is 0.143. The second-order valence-corrected chi connectivity index (χ2v) is 2.36. The summed E-state index contributed by atoms with van der Waals surface area (Å²) in [6, 6.07) is 4.91. The Morgan fingerprint density at radius 3 is 2.82 bits per heavy atom. The molecule has 1 heterocycles. The molecule has 0 bridgehead atoms. The third kappa shape index (κ3) is 0.920. The second-order valence-electron chi connectivity index (χ2n) is 2.36. The number of nitrogens with zero attached hydrogens (tertiary/aromatic N) is 3. The minimum atomic E-state index is 0.220. The maximum atomic E-state index is 9.06. The predicted octanol–water partition coefficient (Wildman–Crippen LogP) is 0.674. The van der Waals surface area contributed by atoms with Crippen molar-refractivity contribution in [2.75, 3.05) is 0 Å². The molecule has 1 aromatic heterocycles. The number of benzene rings is 1. The minimum Gasteiger partial charge on any atom is -0.508 e. The number of phenols is 1. The Bertz CT molecular complexity index is 393. The molecule has 0 radical (unpaired) electrons. The maximum absolute atomic E-state index is 9.06. The zero-order valence-electron chi connectivity index (χ0n) is 6.02. The normalized spacial score (nSPS) is 10.6. The third-order valence-corrected chi connectivity index (χ3v) is 1.46. The van der Waals surface area contributed by atoms with Crippen molar-refractivity contribution in [3.63, 3.8) is 0 Å². The molecule has 0 aliphatic carbocycles. The summed E-state index contributed by atoms with van der Waals surface area (Å²) in [6.45, 7) is 0. The van der Waals surface area contributed by atoms with Crippen LogP contribution in [0.15, 0.2) is 18.2 Å². The lowest BCUT2D eigenvalue weighted by molar-refractivity contribution is 0.476. The third-order valence-electron chi connectivity index (χ3n) is 1.46. The van der Waals surface area contributed by atoms with E-state index in [2.05, 4.69) is 10.2 Å². The van der Waals surface area contributed by atoms with E-state index >= 15 is 0 Å². The smallest absolute Gasteiger partial charge is 0.117 e. The van der Waals surface area contributed by atoms with Crippen LogP contribution >= 0.6 is 0 Å². The van der Waals surface area contributed by atoms with Crippen LogP contribution in [0.5, 0.6) is 5.75 Å². The largest absolute Gasteiger partial charge is 0.508 e. The number of hydrogen-bond acceptors (Lipinski definition) is 3. The van der Waals surface area contributed by atoms with Crippen LogP contribution < -0.4 is 0 Å². The van der Waals surface area contributed by atoms with Crippen LogP contribution in [0.3, 0.4) is 0 Å². The van der Waals surface area contributed by atoms with E-state index in [0.717, 1.165) is 5.52 Å². The van der Waals surface area contributed by atoms with E-state index in [9.17, 15) is 0 Å². The number of aromatic nitrogens is 3. The van der Waals surface area contributed by atoms with Crippen molar-refractivity contribution in [3.8, 4) is 5.75 Å². The first-order chi connectivity index (χ1) is 5.25. The molecule has 1 aromatic carbocycles. The number of aromatic hydroxyl groups is 1. The van der Waals surface area contributed by atoms with Gasteiger partial charge in [0, 0.05) is 13.1 Å². The fourth-order valence-electron chi connectivity index (χ4n) is 1.01. The first-order valence-electron chi connectivity index (χ1n) is 3.26. The van der Waals surface area contributed by atoms with Crippen LogP contribution in [0.2, 0.25) is 0 Å². The monoisotopic (exact) mass is 149 g/mol. The molecule has 0 saturated carbocycles. The minimum absolute atomic E-state index is 0.220. The van der Waals surface area contributed by atoms with Crippen LogP contribution in [0.25, 0.3) is 11.0 Å². The number of hydrogen-bond donors (Lipinski definition) is 1. The van der Waals surface area contributed by atoms with Gasteiger partial charge in [-0.05, 0) is 12.1 Å². The van der Waals surface area contributed by atoms with E-state index in [4.69, 9.17) is 5.11 Å². The highest BCUT2D eigenvalue weighted by molar-refractivity contribution is 5.74. The molecule has 0 atom stereocenters. The van der Waals surface area contributed by atoms with Crippen LogP contribution in [0.1, 0.15) is 0 Å². The van der Waals surface area contributed by atoms with Crippen molar-refractivity contribution in [2.45, 2.75) is 0 Å². The number of fused-ring (bicyclic) bond motifs is 1. The topological polar surface area (TPSA) is 50.9 Å². The summed E-state index contributed by atoms with van der Waals surface area (Å²) in [6.07, 6.45) is 0. The van der Waals surface area contributed by atoms with Crippen molar-refractivity contribution in [2.24, 2.45) is 7.05 Å². The van der Waals surface area contributed by atoms with Gasteiger partial charge in [-0.1, -0.05) is 0 Å². The van der Waals surface area contributed by atoms with Gasteiger partial charge < -0.3 is 5.11 Å². The van der Waals surface area contributed by atoms with Crippen LogP contribution in [-0.4, -0.2) is 20.1 Å². The highest BCUT2D eigenvalue weighted by Gasteiger charge is 1.99. The van der Waals surface area contributed by atoms with Gasteiger partial charge in [0.05, 0.1) is 0 Å². The van der Waals surface area contributed by atoms with Gasteiger partial charge in [0.1, 0.15) is 16.8 Å². The van der Waals surface area contributed by atoms with E-state index in [-0.39, 0.29) is 5.75 Å². The van der Waals surface area contributed by atoms with Crippen molar-refractivity contribution >= 4 is 11.0 Å². The summed E-state index contributed by atoms with van der Waals surface area (Å²) in [5.41, 5.74) is 1.51. The number of rotatable bonds is 0. The van der Waals surface area contributed by atoms with Gasteiger partial charge in [-0.2, -0.15) is 15.0 Å². The molecule has 0 spiro atoms. The highest BCUT2D eigenvalue weighted by atomic mass is 16.3. The molecule has 4 heteroatoms. The summed E-state index contributed by atoms with van der Waals surface area (Å²) < 4.78 is 0. The molecule has 0 aliphatic rings. The Kier molecular flexibility index (Phi) is 1.09. The SMILES string of the molecule is Cn1nc2ccc(O)cc2n1. The Balaban J connectivity index is 2.82. The van der Waals surface area contributed by atoms with Gasteiger partial charge >= 0.3 is 0 Å². The van der Waals surface area contributed by atoms with Crippen molar-refractivity contribution in [1.82, 2.24) is 15.0 Å². The lowest BCUT2D eigenvalue weighted by atomic mass is 10.3. The average Bonchev–Trinajstić information content (AvgIpc) is 2.27. The molecular formula is C7H7N3O. The predicted molar refractivity (Wildman–Crippen MR) is 40.2 cm³/mol. The van der Waals surface area contributed by atoms with Gasteiger partial charge in [-0.15, -0.1) is 0 Å². The molecular weight excluding hydrogens is 142 g/mol. The Hall–Kier alpha value is -1.58. The Morgan fingerprint density at radius 1 is 1.27 bits per heavy atom. The molecule has 0 fully saturated rings. The summed E-state index contributed by atoms with van der Waals surface area (Å²) in [7, 11) is 1.75. The zero-order valence-corrected chi connectivity index (χ0v) is 6.02. The molecule has 1 N–H and O–H groups in total. The Labute approximate surface area is 63.1 Å². The maximum Gasteiger partial charge on any atom is 0.117 e. The van der Waals surface area contributed by atoms with Gasteiger partial charge in [0.15, 0.2) is 0 Å². The van der Waals surface area contributed by atoms with E-state index in [1.54, 1.807) is 25.2 Å². The van der Waals surface area contributed by atoms with E-state index in [1.807, 2.05) is 0 Å². The second kappa shape index (κ2) is 1.95. The zero-order chi connectivity index (χ0) is 7.84. The molecule has 0 saturated heterocycles. The van der Waals surface area contributed by atoms with Gasteiger partial charge in [0.2, 0.25) is 0 Å². The van der Waals surface area contributed by atoms with Crippen LogP contribution in [0, 0.1) is 0 Å².